The number of hydrogen-bond acceptors (Lipinski definition) is 2. The van der Waals surface area contributed by atoms with Gasteiger partial charge in [0.2, 0.25) is 0 Å². The third-order valence-corrected chi connectivity index (χ3v) is 1.67. The molecule has 0 amide bonds. The summed E-state index contributed by atoms with van der Waals surface area (Å²) in [6.45, 7) is 6.13. The molecule has 2 heteroatoms. The van der Waals surface area contributed by atoms with Gasteiger partial charge in [-0.15, -0.1) is 0 Å². The molecular weight excluding hydrogens is 124 g/mol. The highest BCUT2D eigenvalue weighted by molar-refractivity contribution is 5.92. The van der Waals surface area contributed by atoms with E-state index in [1.54, 1.807) is 6.34 Å². The number of allylic oxidation sites excluding steroid dienone is 2. The van der Waals surface area contributed by atoms with E-state index in [2.05, 4.69) is 23.0 Å². The zero-order chi connectivity index (χ0) is 7.56. The van der Waals surface area contributed by atoms with E-state index >= 15 is 0 Å². The molecular formula is C8H12N2. The van der Waals surface area contributed by atoms with Crippen LogP contribution in [0.3, 0.4) is 0 Å². The van der Waals surface area contributed by atoms with Crippen LogP contribution in [0.1, 0.15) is 20.8 Å². The summed E-state index contributed by atoms with van der Waals surface area (Å²) in [5, 5.41) is 0. The molecule has 0 bridgehead atoms. The fourth-order valence-electron chi connectivity index (χ4n) is 0.854. The van der Waals surface area contributed by atoms with E-state index in [0.717, 1.165) is 11.4 Å². The Labute approximate surface area is 61.4 Å². The monoisotopic (exact) mass is 136 g/mol. The fourth-order valence-corrected chi connectivity index (χ4v) is 0.854. The highest BCUT2D eigenvalue weighted by atomic mass is 14.9. The Bertz CT molecular complexity index is 211. The Balaban J connectivity index is 2.88. The lowest BCUT2D eigenvalue weighted by atomic mass is 10.1. The van der Waals surface area contributed by atoms with Crippen molar-refractivity contribution in [2.75, 3.05) is 0 Å². The van der Waals surface area contributed by atoms with Crippen molar-refractivity contribution in [2.45, 2.75) is 20.8 Å². The zero-order valence-corrected chi connectivity index (χ0v) is 6.63. The lowest BCUT2D eigenvalue weighted by Gasteiger charge is -2.01. The first kappa shape index (κ1) is 7.19. The third kappa shape index (κ3) is 1.53. The van der Waals surface area contributed by atoms with Gasteiger partial charge in [0.05, 0.1) is 0 Å². The van der Waals surface area contributed by atoms with Crippen molar-refractivity contribution >= 4 is 12.1 Å². The van der Waals surface area contributed by atoms with Gasteiger partial charge in [0.1, 0.15) is 6.34 Å². The average molecular weight is 136 g/mol. The van der Waals surface area contributed by atoms with Gasteiger partial charge in [0.25, 0.3) is 0 Å². The molecule has 10 heavy (non-hydrogen) atoms. The number of hydrogen-bond donors (Lipinski definition) is 0. The first-order valence-corrected chi connectivity index (χ1v) is 3.45. The molecule has 0 aromatic carbocycles. The molecule has 2 nitrogen and oxygen atoms in total. The smallest absolute Gasteiger partial charge is 0.115 e. The normalized spacial score (nSPS) is 25.3. The highest BCUT2D eigenvalue weighted by Crippen LogP contribution is 2.08. The van der Waals surface area contributed by atoms with Gasteiger partial charge in [-0.3, -0.25) is 0 Å². The number of nitrogens with zero attached hydrogens (tertiary/aromatic N) is 2. The van der Waals surface area contributed by atoms with Crippen LogP contribution in [0.4, 0.5) is 0 Å². The van der Waals surface area contributed by atoms with Gasteiger partial charge in [-0.05, 0) is 13.8 Å². The molecule has 1 rings (SSSR count). The number of rotatable bonds is 0. The minimum atomic E-state index is 0.433. The predicted molar refractivity (Wildman–Crippen MR) is 44.5 cm³/mol. The topological polar surface area (TPSA) is 24.7 Å². The predicted octanol–water partition coefficient (Wildman–Crippen LogP) is 2.03. The molecule has 0 fully saturated rings. The van der Waals surface area contributed by atoms with Crippen LogP contribution in [0.25, 0.3) is 0 Å². The second-order valence-corrected chi connectivity index (χ2v) is 2.61. The summed E-state index contributed by atoms with van der Waals surface area (Å²) in [5.74, 6) is 0.433. The molecule has 54 valence electrons. The van der Waals surface area contributed by atoms with Crippen molar-refractivity contribution in [3.05, 3.63) is 11.8 Å². The lowest BCUT2D eigenvalue weighted by Crippen LogP contribution is -2.02. The molecule has 1 unspecified atom stereocenters. The van der Waals surface area contributed by atoms with Gasteiger partial charge < -0.3 is 0 Å². The molecule has 0 spiro atoms. The van der Waals surface area contributed by atoms with E-state index in [1.165, 1.54) is 0 Å². The zero-order valence-electron chi connectivity index (χ0n) is 6.63. The summed E-state index contributed by atoms with van der Waals surface area (Å²) in [6.07, 6.45) is 3.73. The quantitative estimate of drug-likeness (QED) is 0.487. The summed E-state index contributed by atoms with van der Waals surface area (Å²) < 4.78 is 0. The fraction of sp³-hybridized carbons (Fsp3) is 0.500. The average Bonchev–Trinajstić information content (AvgIpc) is 1.96. The Morgan fingerprint density at radius 2 is 2.10 bits per heavy atom. The minimum Gasteiger partial charge on any atom is -0.246 e. The molecule has 1 atom stereocenters. The van der Waals surface area contributed by atoms with Crippen molar-refractivity contribution < 1.29 is 0 Å². The molecule has 0 N–H and O–H groups in total. The molecule has 1 heterocycles. The highest BCUT2D eigenvalue weighted by Gasteiger charge is 2.03. The Morgan fingerprint density at radius 3 is 2.80 bits per heavy atom. The van der Waals surface area contributed by atoms with Gasteiger partial charge in [-0.1, -0.05) is 13.0 Å². The van der Waals surface area contributed by atoms with E-state index in [-0.39, 0.29) is 0 Å². The van der Waals surface area contributed by atoms with Crippen LogP contribution in [0, 0.1) is 5.92 Å². The van der Waals surface area contributed by atoms with Crippen molar-refractivity contribution in [1.29, 1.82) is 0 Å². The van der Waals surface area contributed by atoms with Gasteiger partial charge in [0, 0.05) is 17.3 Å². The maximum Gasteiger partial charge on any atom is 0.115 e. The second-order valence-electron chi connectivity index (χ2n) is 2.61. The summed E-state index contributed by atoms with van der Waals surface area (Å²) in [6, 6.07) is 0. The first-order valence-electron chi connectivity index (χ1n) is 3.45. The minimum absolute atomic E-state index is 0.433. The van der Waals surface area contributed by atoms with E-state index in [4.69, 9.17) is 0 Å². The van der Waals surface area contributed by atoms with Gasteiger partial charge >= 0.3 is 0 Å². The van der Waals surface area contributed by atoms with Crippen molar-refractivity contribution in [3.63, 3.8) is 0 Å². The van der Waals surface area contributed by atoms with Gasteiger partial charge in [-0.25, -0.2) is 9.98 Å². The van der Waals surface area contributed by atoms with Crippen molar-refractivity contribution in [2.24, 2.45) is 15.9 Å². The molecule has 0 saturated heterocycles. The first-order chi connectivity index (χ1) is 4.70. The van der Waals surface area contributed by atoms with Crippen LogP contribution in [0.5, 0.6) is 0 Å². The summed E-state index contributed by atoms with van der Waals surface area (Å²) in [7, 11) is 0. The summed E-state index contributed by atoms with van der Waals surface area (Å²) >= 11 is 0. The SMILES string of the molecule is CC1=CC(C)C(C)=NC=N1. The van der Waals surface area contributed by atoms with E-state index in [1.807, 2.05) is 13.8 Å². The maximum atomic E-state index is 4.13. The Hall–Kier alpha value is -0.920. The van der Waals surface area contributed by atoms with E-state index in [9.17, 15) is 0 Å². The second kappa shape index (κ2) is 2.78. The molecule has 0 radical (unpaired) electrons. The van der Waals surface area contributed by atoms with Crippen LogP contribution in [0.2, 0.25) is 0 Å². The third-order valence-electron chi connectivity index (χ3n) is 1.67. The summed E-state index contributed by atoms with van der Waals surface area (Å²) in [4.78, 5) is 8.20. The molecule has 1 aliphatic heterocycles. The van der Waals surface area contributed by atoms with Gasteiger partial charge in [-0.2, -0.15) is 0 Å². The molecule has 0 aromatic heterocycles. The van der Waals surface area contributed by atoms with Crippen LogP contribution in [0.15, 0.2) is 21.8 Å². The maximum absolute atomic E-state index is 4.13. The molecule has 1 aliphatic rings. The Morgan fingerprint density at radius 1 is 1.40 bits per heavy atom. The van der Waals surface area contributed by atoms with E-state index < -0.39 is 0 Å². The van der Waals surface area contributed by atoms with Crippen molar-refractivity contribution in [1.82, 2.24) is 0 Å². The molecule has 0 aromatic rings. The van der Waals surface area contributed by atoms with Gasteiger partial charge in [0.15, 0.2) is 0 Å². The lowest BCUT2D eigenvalue weighted by molar-refractivity contribution is 0.977. The standard InChI is InChI=1S/C8H12N2/c1-6-4-7(2)9-5-10-8(6)3/h4-6H,1-3H3. The Kier molecular flexibility index (Phi) is 2.00. The summed E-state index contributed by atoms with van der Waals surface area (Å²) in [5.41, 5.74) is 2.17. The molecule has 0 saturated carbocycles. The molecule has 0 aliphatic carbocycles. The van der Waals surface area contributed by atoms with Crippen LogP contribution in [-0.4, -0.2) is 12.1 Å². The van der Waals surface area contributed by atoms with E-state index in [0.29, 0.717) is 5.92 Å². The van der Waals surface area contributed by atoms with Crippen LogP contribution >= 0.6 is 0 Å². The van der Waals surface area contributed by atoms with Crippen LogP contribution < -0.4 is 0 Å². The largest absolute Gasteiger partial charge is 0.246 e. The van der Waals surface area contributed by atoms with Crippen LogP contribution in [-0.2, 0) is 0 Å². The number of aliphatic imine (C=N–C) groups is 2. The van der Waals surface area contributed by atoms with Crippen molar-refractivity contribution in [3.8, 4) is 0 Å².